The molecule has 0 bridgehead atoms. The highest BCUT2D eigenvalue weighted by molar-refractivity contribution is 5.77. The van der Waals surface area contributed by atoms with E-state index in [2.05, 4.69) is 17.0 Å². The van der Waals surface area contributed by atoms with Crippen molar-refractivity contribution in [2.45, 2.75) is 82.9 Å². The Hall–Kier alpha value is -3.75. The van der Waals surface area contributed by atoms with E-state index in [1.54, 1.807) is 24.3 Å². The molecule has 0 radical (unpaired) electrons. The van der Waals surface area contributed by atoms with Crippen LogP contribution in [-0.2, 0) is 35.2 Å². The van der Waals surface area contributed by atoms with Gasteiger partial charge in [0.15, 0.2) is 6.29 Å². The van der Waals surface area contributed by atoms with E-state index in [4.69, 9.17) is 14.5 Å². The van der Waals surface area contributed by atoms with Crippen molar-refractivity contribution in [2.75, 3.05) is 18.6 Å². The first-order valence-corrected chi connectivity index (χ1v) is 16.2. The van der Waals surface area contributed by atoms with Crippen molar-refractivity contribution in [1.82, 2.24) is 4.98 Å². The lowest BCUT2D eigenvalue weighted by atomic mass is 9.85. The highest BCUT2D eigenvalue weighted by Crippen LogP contribution is 2.44. The van der Waals surface area contributed by atoms with Crippen molar-refractivity contribution in [2.24, 2.45) is 0 Å². The lowest BCUT2D eigenvalue weighted by Gasteiger charge is -2.30. The van der Waals surface area contributed by atoms with Crippen molar-refractivity contribution >= 4 is 5.82 Å². The van der Waals surface area contributed by atoms with Crippen LogP contribution in [0.1, 0.15) is 84.4 Å². The summed E-state index contributed by atoms with van der Waals surface area (Å²) in [5.74, 6) is 0.661. The zero-order valence-electron chi connectivity index (χ0n) is 26.2. The second-order valence-electron chi connectivity index (χ2n) is 12.5. The second kappa shape index (κ2) is 14.3. The summed E-state index contributed by atoms with van der Waals surface area (Å²) in [7, 11) is 2.03. The number of hydrogen-bond donors (Lipinski definition) is 0. The second-order valence-corrected chi connectivity index (χ2v) is 12.5. The Bertz CT molecular complexity index is 1580. The zero-order chi connectivity index (χ0) is 32.1. The third-order valence-electron chi connectivity index (χ3n) is 9.12. The number of nitrogens with zero attached hydrogens (tertiary/aromatic N) is 2. The number of benzene rings is 3. The normalized spacial score (nSPS) is 17.4. The van der Waals surface area contributed by atoms with E-state index in [9.17, 15) is 17.6 Å². The number of hydrogen-bond acceptors (Lipinski definition) is 4. The predicted molar refractivity (Wildman–Crippen MR) is 172 cm³/mol. The highest BCUT2D eigenvalue weighted by atomic mass is 19.4. The minimum absolute atomic E-state index is 0.212. The fourth-order valence-electron chi connectivity index (χ4n) is 6.77. The van der Waals surface area contributed by atoms with Gasteiger partial charge in [0.2, 0.25) is 0 Å². The van der Waals surface area contributed by atoms with E-state index < -0.39 is 11.7 Å². The molecule has 1 saturated heterocycles. The van der Waals surface area contributed by atoms with Gasteiger partial charge in [-0.15, -0.1) is 0 Å². The molecule has 1 aliphatic carbocycles. The summed E-state index contributed by atoms with van der Waals surface area (Å²) >= 11 is 0. The number of halogens is 4. The van der Waals surface area contributed by atoms with Crippen LogP contribution in [0.3, 0.4) is 0 Å². The molecule has 6 rings (SSSR count). The van der Waals surface area contributed by atoms with E-state index in [1.165, 1.54) is 12.1 Å². The van der Waals surface area contributed by atoms with E-state index in [-0.39, 0.29) is 24.6 Å². The lowest BCUT2D eigenvalue weighted by Crippen LogP contribution is -2.25. The van der Waals surface area contributed by atoms with E-state index >= 15 is 0 Å². The number of aromatic nitrogens is 1. The first kappa shape index (κ1) is 32.2. The molecular weight excluding hydrogens is 592 g/mol. The molecule has 2 heterocycles. The third kappa shape index (κ3) is 7.61. The minimum Gasteiger partial charge on any atom is -0.355 e. The molecule has 2 fully saturated rings. The third-order valence-corrected chi connectivity index (χ3v) is 9.12. The monoisotopic (exact) mass is 632 g/mol. The van der Waals surface area contributed by atoms with E-state index in [0.29, 0.717) is 19.6 Å². The summed E-state index contributed by atoms with van der Waals surface area (Å²) in [4.78, 5) is 7.56. The average molecular weight is 633 g/mol. The van der Waals surface area contributed by atoms with Crippen molar-refractivity contribution in [1.29, 1.82) is 0 Å². The van der Waals surface area contributed by atoms with Gasteiger partial charge >= 0.3 is 6.18 Å². The van der Waals surface area contributed by atoms with Crippen LogP contribution in [0.2, 0.25) is 0 Å². The Morgan fingerprint density at radius 3 is 2.17 bits per heavy atom. The van der Waals surface area contributed by atoms with Crippen molar-refractivity contribution < 1.29 is 27.0 Å². The molecule has 1 saturated carbocycles. The van der Waals surface area contributed by atoms with Crippen LogP contribution in [0.5, 0.6) is 0 Å². The van der Waals surface area contributed by atoms with Crippen LogP contribution in [0.15, 0.2) is 78.9 Å². The SMILES string of the molecule is CN(Cc1ccccc1)c1nc(C2CCCC2)c(Cc2ccc(C(F)(F)F)cc2)c(-c2ccc(F)cc2)c1COC1CCCCO1. The molecule has 3 aromatic carbocycles. The summed E-state index contributed by atoms with van der Waals surface area (Å²) in [5.41, 5.74) is 5.72. The molecule has 1 aliphatic heterocycles. The summed E-state index contributed by atoms with van der Waals surface area (Å²) in [6.45, 7) is 1.49. The van der Waals surface area contributed by atoms with Gasteiger partial charge < -0.3 is 14.4 Å². The molecular formula is C38H40F4N2O2. The number of rotatable bonds is 10. The molecule has 4 aromatic rings. The quantitative estimate of drug-likeness (QED) is 0.163. The molecule has 8 heteroatoms. The van der Waals surface area contributed by atoms with Crippen LogP contribution in [-0.4, -0.2) is 24.9 Å². The van der Waals surface area contributed by atoms with Crippen LogP contribution >= 0.6 is 0 Å². The fraction of sp³-hybridized carbons (Fsp3) is 0.395. The van der Waals surface area contributed by atoms with Gasteiger partial charge in [-0.3, -0.25) is 0 Å². The van der Waals surface area contributed by atoms with Gasteiger partial charge in [0.05, 0.1) is 17.9 Å². The molecule has 1 unspecified atom stereocenters. The number of alkyl halides is 3. The number of anilines is 1. The maximum absolute atomic E-state index is 14.3. The summed E-state index contributed by atoms with van der Waals surface area (Å²) in [6.07, 6.45) is 2.63. The van der Waals surface area contributed by atoms with Gasteiger partial charge in [0.1, 0.15) is 11.6 Å². The predicted octanol–water partition coefficient (Wildman–Crippen LogP) is 9.83. The molecule has 0 amide bonds. The van der Waals surface area contributed by atoms with E-state index in [1.807, 2.05) is 25.2 Å². The molecule has 2 aliphatic rings. The van der Waals surface area contributed by atoms with Gasteiger partial charge in [-0.1, -0.05) is 67.4 Å². The maximum atomic E-state index is 14.3. The molecule has 4 nitrogen and oxygen atoms in total. The van der Waals surface area contributed by atoms with E-state index in [0.717, 1.165) is 102 Å². The molecule has 1 atom stereocenters. The summed E-state index contributed by atoms with van der Waals surface area (Å²) < 4.78 is 67.0. The van der Waals surface area contributed by atoms with Gasteiger partial charge in [-0.2, -0.15) is 13.2 Å². The Balaban J connectivity index is 1.53. The largest absolute Gasteiger partial charge is 0.416 e. The Kier molecular flexibility index (Phi) is 10.0. The van der Waals surface area contributed by atoms with Crippen LogP contribution in [0, 0.1) is 5.82 Å². The number of ether oxygens (including phenoxy) is 2. The van der Waals surface area contributed by atoms with Crippen LogP contribution in [0.25, 0.3) is 11.1 Å². The lowest BCUT2D eigenvalue weighted by molar-refractivity contribution is -0.168. The average Bonchev–Trinajstić information content (AvgIpc) is 3.60. The molecule has 0 N–H and O–H groups in total. The van der Waals surface area contributed by atoms with Gasteiger partial charge in [0, 0.05) is 31.7 Å². The fourth-order valence-corrected chi connectivity index (χ4v) is 6.77. The van der Waals surface area contributed by atoms with Crippen LogP contribution < -0.4 is 4.90 Å². The topological polar surface area (TPSA) is 34.6 Å². The zero-order valence-corrected chi connectivity index (χ0v) is 26.2. The molecule has 46 heavy (non-hydrogen) atoms. The molecule has 1 aromatic heterocycles. The maximum Gasteiger partial charge on any atom is 0.416 e. The standard InChI is InChI=1S/C38H40F4N2O2/c1-44(24-27-9-3-2-4-10-27)37-33(25-46-34-13-7-8-22-45-34)35(28-16-20-31(39)21-17-28)32(36(43-37)29-11-5-6-12-29)23-26-14-18-30(19-15-26)38(40,41)42/h2-4,9-10,14-21,29,34H,5-8,11-13,22-25H2,1H3. The van der Waals surface area contributed by atoms with Gasteiger partial charge in [-0.05, 0) is 90.6 Å². The van der Waals surface area contributed by atoms with Crippen molar-refractivity contribution in [3.63, 3.8) is 0 Å². The Morgan fingerprint density at radius 2 is 1.52 bits per heavy atom. The first-order chi connectivity index (χ1) is 22.3. The molecule has 0 spiro atoms. The van der Waals surface area contributed by atoms with Crippen molar-refractivity contribution in [3.05, 3.63) is 118 Å². The van der Waals surface area contributed by atoms with Crippen molar-refractivity contribution in [3.8, 4) is 11.1 Å². The Labute approximate surface area is 268 Å². The van der Waals surface area contributed by atoms with Gasteiger partial charge in [-0.25, -0.2) is 9.37 Å². The Morgan fingerprint density at radius 1 is 0.826 bits per heavy atom. The molecule has 242 valence electrons. The first-order valence-electron chi connectivity index (χ1n) is 16.2. The number of pyridine rings is 1. The summed E-state index contributed by atoms with van der Waals surface area (Å²) in [6, 6.07) is 22.0. The highest BCUT2D eigenvalue weighted by Gasteiger charge is 2.32. The smallest absolute Gasteiger partial charge is 0.355 e. The minimum atomic E-state index is -4.41. The van der Waals surface area contributed by atoms with Crippen LogP contribution in [0.4, 0.5) is 23.4 Å². The summed E-state index contributed by atoms with van der Waals surface area (Å²) in [5, 5.41) is 0. The van der Waals surface area contributed by atoms with Gasteiger partial charge in [0.25, 0.3) is 0 Å².